The number of amides is 1. The Bertz CT molecular complexity index is 1900. The van der Waals surface area contributed by atoms with Crippen molar-refractivity contribution in [2.24, 2.45) is 11.8 Å². The van der Waals surface area contributed by atoms with Gasteiger partial charge >= 0.3 is 0 Å². The molecule has 1 aliphatic heterocycles. The van der Waals surface area contributed by atoms with E-state index in [1.807, 2.05) is 42.5 Å². The van der Waals surface area contributed by atoms with Crippen molar-refractivity contribution in [3.05, 3.63) is 77.4 Å². The van der Waals surface area contributed by atoms with Crippen LogP contribution in [0, 0.1) is 11.8 Å². The summed E-state index contributed by atoms with van der Waals surface area (Å²) in [5.74, 6) is 3.57. The molecule has 1 fully saturated rings. The minimum absolute atomic E-state index is 0.188. The van der Waals surface area contributed by atoms with Gasteiger partial charge in [0, 0.05) is 46.0 Å². The number of ether oxygens (including phenoxy) is 3. The number of benzene rings is 4. The number of fused-ring (bicyclic) bond motifs is 9. The highest BCUT2D eigenvalue weighted by Gasteiger charge is 2.47. The zero-order chi connectivity index (χ0) is 29.9. The number of aromatic nitrogens is 2. The highest BCUT2D eigenvalue weighted by atomic mass is 16.5. The number of hydrogen-bond acceptors (Lipinski definition) is 6. The van der Waals surface area contributed by atoms with Crippen molar-refractivity contribution >= 4 is 38.7 Å². The number of methoxy groups -OCH3 is 2. The molecule has 3 atom stereocenters. The Morgan fingerprint density at radius 1 is 0.953 bits per heavy atom. The van der Waals surface area contributed by atoms with Crippen LogP contribution in [-0.2, 0) is 6.54 Å². The molecular weight excluding hydrogens is 538 g/mol. The largest absolute Gasteiger partial charge is 0.497 e. The number of nitrogens with one attached hydrogen (secondary N) is 1. The molecule has 7 nitrogen and oxygen atoms in total. The van der Waals surface area contributed by atoms with Crippen molar-refractivity contribution in [3.8, 4) is 17.2 Å². The molecule has 7 rings (SSSR count). The minimum atomic E-state index is -0.253. The molecule has 2 heterocycles. The van der Waals surface area contributed by atoms with Crippen LogP contribution in [0.2, 0.25) is 0 Å². The maximum absolute atomic E-state index is 13.3. The monoisotopic (exact) mass is 575 g/mol. The average molecular weight is 576 g/mol. The number of hydrogen-bond donors (Lipinski definition) is 1. The lowest BCUT2D eigenvalue weighted by atomic mass is 9.64. The fourth-order valence-electron chi connectivity index (χ4n) is 7.31. The second-order valence-electron chi connectivity index (χ2n) is 12.6. The topological polar surface area (TPSA) is 82.6 Å². The molecule has 5 aromatic rings. The quantitative estimate of drug-likeness (QED) is 0.172. The van der Waals surface area contributed by atoms with Crippen LogP contribution >= 0.6 is 0 Å². The van der Waals surface area contributed by atoms with E-state index in [1.165, 1.54) is 12.0 Å². The summed E-state index contributed by atoms with van der Waals surface area (Å²) in [4.78, 5) is 23.7. The molecule has 1 amide bonds. The molecule has 4 aromatic carbocycles. The molecule has 1 saturated carbocycles. The number of nitrogens with zero attached hydrogens (tertiary/aromatic N) is 2. The van der Waals surface area contributed by atoms with Gasteiger partial charge < -0.3 is 19.5 Å². The second-order valence-corrected chi connectivity index (χ2v) is 12.6. The Morgan fingerprint density at radius 3 is 2.53 bits per heavy atom. The fraction of sp³-hybridized carbons (Fsp3) is 0.361. The highest BCUT2D eigenvalue weighted by molar-refractivity contribution is 6.11. The van der Waals surface area contributed by atoms with Crippen LogP contribution in [0.15, 0.2) is 60.7 Å². The van der Waals surface area contributed by atoms with Crippen molar-refractivity contribution in [2.75, 3.05) is 14.2 Å². The molecule has 1 aromatic heterocycles. The van der Waals surface area contributed by atoms with E-state index in [-0.39, 0.29) is 11.5 Å². The van der Waals surface area contributed by atoms with Gasteiger partial charge in [0.15, 0.2) is 0 Å². The summed E-state index contributed by atoms with van der Waals surface area (Å²) < 4.78 is 17.6. The van der Waals surface area contributed by atoms with Crippen LogP contribution in [0.5, 0.6) is 17.2 Å². The number of carbonyl (C=O) groups excluding carboxylic acids is 1. The first-order valence-electron chi connectivity index (χ1n) is 15.1. The van der Waals surface area contributed by atoms with Crippen LogP contribution in [0.4, 0.5) is 0 Å². The van der Waals surface area contributed by atoms with Crippen LogP contribution in [-0.4, -0.2) is 35.7 Å². The second kappa shape index (κ2) is 10.4. The highest BCUT2D eigenvalue weighted by Crippen LogP contribution is 2.56. The predicted octanol–water partition coefficient (Wildman–Crippen LogP) is 7.57. The molecule has 0 saturated heterocycles. The predicted molar refractivity (Wildman–Crippen MR) is 169 cm³/mol. The van der Waals surface area contributed by atoms with E-state index in [0.29, 0.717) is 46.9 Å². The summed E-state index contributed by atoms with van der Waals surface area (Å²) in [6, 6.07) is 19.5. The SMILES string of the molecule is COc1ccc(CNC(=O)c2ccc3nc4c5c(c6ccccc6c4nc3c2)OC(C)(C)[C@@H]2CC[C@@H](C)C[C@@H]52)c(OC)c1. The first kappa shape index (κ1) is 27.4. The Hall–Kier alpha value is -4.39. The zero-order valence-corrected chi connectivity index (χ0v) is 25.4. The zero-order valence-electron chi connectivity index (χ0n) is 25.4. The summed E-state index contributed by atoms with van der Waals surface area (Å²) >= 11 is 0. The molecule has 0 unspecified atom stereocenters. The van der Waals surface area contributed by atoms with Gasteiger partial charge in [0.2, 0.25) is 0 Å². The third-order valence-electron chi connectivity index (χ3n) is 9.53. The van der Waals surface area contributed by atoms with E-state index in [9.17, 15) is 4.79 Å². The van der Waals surface area contributed by atoms with Crippen LogP contribution in [0.25, 0.3) is 32.8 Å². The Labute approximate surface area is 251 Å². The number of carbonyl (C=O) groups is 1. The van der Waals surface area contributed by atoms with Crippen LogP contribution in [0.1, 0.15) is 67.4 Å². The summed E-state index contributed by atoms with van der Waals surface area (Å²) in [7, 11) is 3.22. The molecule has 220 valence electrons. The minimum Gasteiger partial charge on any atom is -0.497 e. The molecule has 0 spiro atoms. The van der Waals surface area contributed by atoms with Gasteiger partial charge in [-0.05, 0) is 68.9 Å². The summed E-state index contributed by atoms with van der Waals surface area (Å²) in [5.41, 5.74) is 5.58. The average Bonchev–Trinajstić information content (AvgIpc) is 3.02. The van der Waals surface area contributed by atoms with Crippen LogP contribution < -0.4 is 19.5 Å². The van der Waals surface area contributed by atoms with Gasteiger partial charge in [-0.3, -0.25) is 4.79 Å². The Morgan fingerprint density at radius 2 is 1.74 bits per heavy atom. The summed E-state index contributed by atoms with van der Waals surface area (Å²) in [6.45, 7) is 7.17. The van der Waals surface area contributed by atoms with E-state index in [1.54, 1.807) is 14.2 Å². The van der Waals surface area contributed by atoms with E-state index < -0.39 is 0 Å². The first-order valence-corrected chi connectivity index (χ1v) is 15.1. The Balaban J connectivity index is 1.31. The van der Waals surface area contributed by atoms with Crippen molar-refractivity contribution in [3.63, 3.8) is 0 Å². The summed E-state index contributed by atoms with van der Waals surface area (Å²) in [5, 5.41) is 5.11. The Kier molecular flexibility index (Phi) is 6.64. The van der Waals surface area contributed by atoms with Gasteiger partial charge in [-0.25, -0.2) is 9.97 Å². The molecule has 43 heavy (non-hydrogen) atoms. The fourth-order valence-corrected chi connectivity index (χ4v) is 7.31. The van der Waals surface area contributed by atoms with Crippen molar-refractivity contribution < 1.29 is 19.0 Å². The van der Waals surface area contributed by atoms with Crippen LogP contribution in [0.3, 0.4) is 0 Å². The van der Waals surface area contributed by atoms with Gasteiger partial charge in [0.25, 0.3) is 5.91 Å². The van der Waals surface area contributed by atoms with Gasteiger partial charge in [0.1, 0.15) is 22.8 Å². The van der Waals surface area contributed by atoms with E-state index >= 15 is 0 Å². The molecule has 7 heteroatoms. The normalized spacial score (nSPS) is 20.7. The van der Waals surface area contributed by atoms with Gasteiger partial charge in [-0.1, -0.05) is 37.6 Å². The standard InChI is InChI=1S/C36H37N3O4/c1-20-10-14-27-26(16-20)31-33-32(24-8-6-7-9-25(24)34(31)43-36(27,2)3)39-29-17-21(12-15-28(29)38-33)35(40)37-19-22-11-13-23(41-4)18-30(22)42-5/h6-9,11-13,15,17-18,20,26-27H,10,14,16,19H2,1-5H3,(H,37,40)/t20-,26-,27-/m1/s1. The third-order valence-corrected chi connectivity index (χ3v) is 9.53. The first-order chi connectivity index (χ1) is 20.8. The smallest absolute Gasteiger partial charge is 0.251 e. The van der Waals surface area contributed by atoms with Crippen molar-refractivity contribution in [2.45, 2.75) is 58.1 Å². The summed E-state index contributed by atoms with van der Waals surface area (Å²) in [6.07, 6.45) is 3.49. The van der Waals surface area contributed by atoms with E-state index in [4.69, 9.17) is 24.2 Å². The lowest BCUT2D eigenvalue weighted by molar-refractivity contribution is -0.0115. The maximum atomic E-state index is 13.3. The lowest BCUT2D eigenvalue weighted by Crippen LogP contribution is -2.46. The number of rotatable bonds is 5. The molecule has 0 radical (unpaired) electrons. The molecular formula is C36H37N3O4. The van der Waals surface area contributed by atoms with Crippen molar-refractivity contribution in [1.29, 1.82) is 0 Å². The van der Waals surface area contributed by atoms with Gasteiger partial charge in [-0.2, -0.15) is 0 Å². The van der Waals surface area contributed by atoms with E-state index in [0.717, 1.165) is 51.5 Å². The molecule has 1 N–H and O–H groups in total. The molecule has 0 bridgehead atoms. The lowest BCUT2D eigenvalue weighted by Gasteiger charge is -2.49. The van der Waals surface area contributed by atoms with Gasteiger partial charge in [-0.15, -0.1) is 0 Å². The van der Waals surface area contributed by atoms with E-state index in [2.05, 4.69) is 44.3 Å². The van der Waals surface area contributed by atoms with Crippen molar-refractivity contribution in [1.82, 2.24) is 15.3 Å². The van der Waals surface area contributed by atoms with Gasteiger partial charge in [0.05, 0.1) is 36.3 Å². The third kappa shape index (κ3) is 4.62. The maximum Gasteiger partial charge on any atom is 0.251 e. The molecule has 1 aliphatic carbocycles. The molecule has 2 aliphatic rings.